The first-order valence-electron chi connectivity index (χ1n) is 8.25. The van der Waals surface area contributed by atoms with E-state index in [0.717, 1.165) is 16.8 Å². The number of carbonyl (C=O) groups is 1. The molecular weight excluding hydrogens is 355 g/mol. The zero-order valence-electron chi connectivity index (χ0n) is 14.5. The van der Waals surface area contributed by atoms with E-state index in [9.17, 15) is 9.18 Å². The number of benzene rings is 2. The van der Waals surface area contributed by atoms with Crippen LogP contribution >= 0.6 is 11.6 Å². The largest absolute Gasteiger partial charge is 0.461 e. The number of rotatable bonds is 5. The number of nitrogens with zero attached hydrogens (tertiary/aromatic N) is 2. The molecule has 0 spiro atoms. The van der Waals surface area contributed by atoms with E-state index in [0.29, 0.717) is 12.1 Å². The average Bonchev–Trinajstić information content (AvgIpc) is 3.01. The lowest BCUT2D eigenvalue weighted by atomic mass is 10.1. The molecule has 0 radical (unpaired) electrons. The molecule has 26 heavy (non-hydrogen) atoms. The molecule has 0 amide bonds. The van der Waals surface area contributed by atoms with Gasteiger partial charge < -0.3 is 4.74 Å². The first kappa shape index (κ1) is 18.1. The Labute approximate surface area is 156 Å². The number of carbonyl (C=O) groups excluding carboxylic acids is 1. The van der Waals surface area contributed by atoms with Crippen molar-refractivity contribution < 1.29 is 13.9 Å². The Morgan fingerprint density at radius 3 is 2.58 bits per heavy atom. The molecule has 2 aromatic carbocycles. The van der Waals surface area contributed by atoms with Gasteiger partial charge in [0, 0.05) is 12.1 Å². The Kier molecular flexibility index (Phi) is 5.38. The van der Waals surface area contributed by atoms with Gasteiger partial charge in [0.1, 0.15) is 5.82 Å². The molecule has 0 saturated carbocycles. The van der Waals surface area contributed by atoms with Gasteiger partial charge in [0.2, 0.25) is 0 Å². The van der Waals surface area contributed by atoms with Gasteiger partial charge in [0.05, 0.1) is 17.3 Å². The minimum atomic E-state index is -0.505. The molecule has 0 unspecified atom stereocenters. The lowest BCUT2D eigenvalue weighted by Gasteiger charge is -2.09. The van der Waals surface area contributed by atoms with Crippen molar-refractivity contribution in [3.63, 3.8) is 0 Å². The molecule has 0 atom stereocenters. The van der Waals surface area contributed by atoms with E-state index in [1.165, 1.54) is 18.2 Å². The summed E-state index contributed by atoms with van der Waals surface area (Å²) < 4.78 is 20.0. The number of hydrogen-bond acceptors (Lipinski definition) is 3. The van der Waals surface area contributed by atoms with Gasteiger partial charge in [-0.15, -0.1) is 0 Å². The Bertz CT molecular complexity index is 935. The summed E-state index contributed by atoms with van der Waals surface area (Å²) in [6.45, 7) is 4.01. The lowest BCUT2D eigenvalue weighted by molar-refractivity contribution is 0.0519. The fourth-order valence-electron chi connectivity index (χ4n) is 2.63. The fraction of sp³-hybridized carbons (Fsp3) is 0.200. The van der Waals surface area contributed by atoms with Gasteiger partial charge in [-0.2, -0.15) is 5.10 Å². The molecule has 6 heteroatoms. The van der Waals surface area contributed by atoms with Gasteiger partial charge in [0.15, 0.2) is 5.69 Å². The van der Waals surface area contributed by atoms with E-state index in [1.54, 1.807) is 17.7 Å². The van der Waals surface area contributed by atoms with Gasteiger partial charge in [-0.3, -0.25) is 0 Å². The topological polar surface area (TPSA) is 44.1 Å². The third-order valence-electron chi connectivity index (χ3n) is 3.91. The second-order valence-electron chi connectivity index (χ2n) is 5.91. The average molecular weight is 373 g/mol. The third kappa shape index (κ3) is 3.94. The number of ether oxygens (including phenoxy) is 1. The lowest BCUT2D eigenvalue weighted by Crippen LogP contribution is -2.07. The van der Waals surface area contributed by atoms with Crippen molar-refractivity contribution in [2.75, 3.05) is 6.61 Å². The summed E-state index contributed by atoms with van der Waals surface area (Å²) in [6, 6.07) is 13.8. The zero-order valence-corrected chi connectivity index (χ0v) is 15.3. The minimum Gasteiger partial charge on any atom is -0.461 e. The summed E-state index contributed by atoms with van der Waals surface area (Å²) in [5, 5.41) is 4.55. The van der Waals surface area contributed by atoms with Crippen molar-refractivity contribution in [3.8, 4) is 5.69 Å². The molecule has 0 aliphatic carbocycles. The molecule has 1 heterocycles. The van der Waals surface area contributed by atoms with Crippen LogP contribution in [0, 0.1) is 12.7 Å². The van der Waals surface area contributed by atoms with Crippen molar-refractivity contribution in [1.82, 2.24) is 9.78 Å². The van der Waals surface area contributed by atoms with Crippen LogP contribution in [-0.2, 0) is 11.2 Å². The highest BCUT2D eigenvalue weighted by atomic mass is 35.5. The molecule has 0 aliphatic heterocycles. The summed E-state index contributed by atoms with van der Waals surface area (Å²) >= 11 is 6.19. The van der Waals surface area contributed by atoms with Gasteiger partial charge in [0.25, 0.3) is 0 Å². The van der Waals surface area contributed by atoms with Crippen LogP contribution in [0.25, 0.3) is 5.69 Å². The molecule has 0 aliphatic rings. The smallest absolute Gasteiger partial charge is 0.358 e. The van der Waals surface area contributed by atoms with Crippen LogP contribution in [0.4, 0.5) is 4.39 Å². The van der Waals surface area contributed by atoms with Crippen molar-refractivity contribution in [2.45, 2.75) is 20.3 Å². The molecule has 3 aromatic rings. The van der Waals surface area contributed by atoms with Gasteiger partial charge in [-0.1, -0.05) is 41.4 Å². The highest BCUT2D eigenvalue weighted by Crippen LogP contribution is 2.24. The van der Waals surface area contributed by atoms with E-state index in [2.05, 4.69) is 5.10 Å². The molecule has 1 aromatic heterocycles. The molecule has 134 valence electrons. The number of aromatic nitrogens is 2. The minimum absolute atomic E-state index is 0.189. The second-order valence-corrected chi connectivity index (χ2v) is 6.32. The van der Waals surface area contributed by atoms with E-state index >= 15 is 0 Å². The maximum Gasteiger partial charge on any atom is 0.358 e. The van der Waals surface area contributed by atoms with Crippen LogP contribution in [0.1, 0.15) is 34.2 Å². The molecule has 0 fully saturated rings. The third-order valence-corrected chi connectivity index (χ3v) is 4.21. The molecule has 4 nitrogen and oxygen atoms in total. The van der Waals surface area contributed by atoms with E-state index in [-0.39, 0.29) is 17.3 Å². The van der Waals surface area contributed by atoms with E-state index in [4.69, 9.17) is 16.3 Å². The fourth-order valence-corrected chi connectivity index (χ4v) is 2.87. The van der Waals surface area contributed by atoms with E-state index in [1.807, 2.05) is 31.2 Å². The maximum atomic E-state index is 13.4. The molecule has 0 N–H and O–H groups in total. The highest BCUT2D eigenvalue weighted by Gasteiger charge is 2.18. The predicted molar refractivity (Wildman–Crippen MR) is 98.5 cm³/mol. The quantitative estimate of drug-likeness (QED) is 0.607. The Morgan fingerprint density at radius 1 is 1.19 bits per heavy atom. The van der Waals surface area contributed by atoms with Crippen molar-refractivity contribution in [2.24, 2.45) is 0 Å². The SMILES string of the molecule is CCOC(=O)c1cc(Cc2ccc(C)cc2)n(-c2ccc(F)cc2Cl)n1. The van der Waals surface area contributed by atoms with Crippen LogP contribution in [0.3, 0.4) is 0 Å². The number of esters is 1. The Balaban J connectivity index is 2.05. The first-order chi connectivity index (χ1) is 12.5. The zero-order chi connectivity index (χ0) is 18.7. The van der Waals surface area contributed by atoms with Gasteiger partial charge >= 0.3 is 5.97 Å². The summed E-state index contributed by atoms with van der Waals surface area (Å²) in [4.78, 5) is 12.1. The standard InChI is InChI=1S/C20H18ClFN2O2/c1-3-26-20(25)18-12-16(10-14-6-4-13(2)5-7-14)24(23-18)19-9-8-15(22)11-17(19)21/h4-9,11-12H,3,10H2,1-2H3. The summed E-state index contributed by atoms with van der Waals surface area (Å²) in [7, 11) is 0. The van der Waals surface area contributed by atoms with Crippen molar-refractivity contribution in [3.05, 3.63) is 81.9 Å². The first-order valence-corrected chi connectivity index (χ1v) is 8.62. The second kappa shape index (κ2) is 7.70. The number of hydrogen-bond donors (Lipinski definition) is 0. The van der Waals surface area contributed by atoms with Crippen molar-refractivity contribution >= 4 is 17.6 Å². The maximum absolute atomic E-state index is 13.4. The molecule has 3 rings (SSSR count). The predicted octanol–water partition coefficient (Wildman–Crippen LogP) is 4.74. The van der Waals surface area contributed by atoms with Crippen molar-refractivity contribution in [1.29, 1.82) is 0 Å². The number of aryl methyl sites for hydroxylation is 1. The normalized spacial score (nSPS) is 10.8. The van der Waals surface area contributed by atoms with Crippen LogP contribution in [0.15, 0.2) is 48.5 Å². The highest BCUT2D eigenvalue weighted by molar-refractivity contribution is 6.32. The van der Waals surface area contributed by atoms with Gasteiger partial charge in [-0.25, -0.2) is 13.9 Å². The Morgan fingerprint density at radius 2 is 1.92 bits per heavy atom. The Hall–Kier alpha value is -2.66. The summed E-state index contributed by atoms with van der Waals surface area (Å²) in [5.41, 5.74) is 3.67. The van der Waals surface area contributed by atoms with Crippen LogP contribution in [0.2, 0.25) is 5.02 Å². The van der Waals surface area contributed by atoms with Crippen LogP contribution in [0.5, 0.6) is 0 Å². The molecule has 0 bridgehead atoms. The van der Waals surface area contributed by atoms with Crippen LogP contribution in [-0.4, -0.2) is 22.4 Å². The number of halogens is 2. The summed E-state index contributed by atoms with van der Waals surface area (Å²) in [5.74, 6) is -0.939. The molecular formula is C20H18ClFN2O2. The van der Waals surface area contributed by atoms with E-state index < -0.39 is 11.8 Å². The monoisotopic (exact) mass is 372 g/mol. The molecule has 0 saturated heterocycles. The summed E-state index contributed by atoms with van der Waals surface area (Å²) in [6.07, 6.45) is 0.542. The van der Waals surface area contributed by atoms with Crippen LogP contribution < -0.4 is 0 Å². The van der Waals surface area contributed by atoms with Gasteiger partial charge in [-0.05, 0) is 43.7 Å².